The zero-order chi connectivity index (χ0) is 12.8. The Morgan fingerprint density at radius 3 is 2.47 bits per heavy atom. The minimum Gasteiger partial charge on any atom is -0.351 e. The summed E-state index contributed by atoms with van der Waals surface area (Å²) in [6.07, 6.45) is 1.90. The summed E-state index contributed by atoms with van der Waals surface area (Å²) in [5.41, 5.74) is 1.37. The number of hydrogen-bond acceptors (Lipinski definition) is 4. The van der Waals surface area contributed by atoms with Crippen LogP contribution in [0.5, 0.6) is 0 Å². The summed E-state index contributed by atoms with van der Waals surface area (Å²) in [6, 6.07) is 1.87. The van der Waals surface area contributed by atoms with E-state index >= 15 is 0 Å². The molecule has 0 saturated heterocycles. The lowest BCUT2D eigenvalue weighted by atomic mass is 10.1. The molecule has 0 bridgehead atoms. The second kappa shape index (κ2) is 6.41. The summed E-state index contributed by atoms with van der Waals surface area (Å²) in [4.78, 5) is 11.5. The number of carbonyl (C=O) groups excluding carboxylic acids is 1. The summed E-state index contributed by atoms with van der Waals surface area (Å²) in [6.45, 7) is 0.445. The van der Waals surface area contributed by atoms with Gasteiger partial charge in [-0.1, -0.05) is 0 Å². The van der Waals surface area contributed by atoms with Crippen LogP contribution in [0.1, 0.15) is 10.4 Å². The number of thioether (sulfide) groups is 1. The van der Waals surface area contributed by atoms with Crippen LogP contribution in [-0.2, 0) is 0 Å². The second-order valence-corrected chi connectivity index (χ2v) is 4.19. The largest absolute Gasteiger partial charge is 0.351 e. The molecule has 0 aliphatic rings. The van der Waals surface area contributed by atoms with Crippen molar-refractivity contribution in [2.75, 3.05) is 24.0 Å². The number of hydrazine groups is 1. The zero-order valence-electron chi connectivity index (χ0n) is 9.22. The van der Waals surface area contributed by atoms with Crippen LogP contribution < -0.4 is 16.6 Å². The molecule has 0 aliphatic carbocycles. The number of anilines is 1. The van der Waals surface area contributed by atoms with Gasteiger partial charge in [0.25, 0.3) is 5.91 Å². The highest BCUT2D eigenvalue weighted by Crippen LogP contribution is 2.19. The van der Waals surface area contributed by atoms with Gasteiger partial charge < -0.3 is 10.7 Å². The van der Waals surface area contributed by atoms with Crippen molar-refractivity contribution in [2.45, 2.75) is 0 Å². The highest BCUT2D eigenvalue weighted by Gasteiger charge is 2.14. The Morgan fingerprint density at radius 2 is 2.00 bits per heavy atom. The first-order valence-corrected chi connectivity index (χ1v) is 6.22. The molecule has 0 heterocycles. The van der Waals surface area contributed by atoms with E-state index in [1.165, 1.54) is 0 Å². The molecule has 0 aromatic heterocycles. The molecule has 1 aromatic carbocycles. The highest BCUT2D eigenvalue weighted by molar-refractivity contribution is 7.98. The molecule has 1 aromatic rings. The van der Waals surface area contributed by atoms with Crippen molar-refractivity contribution in [2.24, 2.45) is 5.84 Å². The minimum absolute atomic E-state index is 0.0693. The van der Waals surface area contributed by atoms with Gasteiger partial charge in [0.2, 0.25) is 0 Å². The smallest absolute Gasteiger partial charge is 0.251 e. The van der Waals surface area contributed by atoms with Crippen LogP contribution in [-0.4, -0.2) is 24.5 Å². The number of nitrogens with one attached hydrogen (secondary N) is 2. The van der Waals surface area contributed by atoms with Crippen LogP contribution in [0.3, 0.4) is 0 Å². The first kappa shape index (κ1) is 13.7. The second-order valence-electron chi connectivity index (χ2n) is 3.21. The molecular weight excluding hydrogens is 248 g/mol. The maximum absolute atomic E-state index is 13.3. The van der Waals surface area contributed by atoms with Crippen LogP contribution in [0, 0.1) is 11.6 Å². The molecule has 1 amide bonds. The normalized spacial score (nSPS) is 10.1. The third kappa shape index (κ3) is 3.57. The average molecular weight is 261 g/mol. The number of nitrogens with two attached hydrogens (primary N) is 1. The summed E-state index contributed by atoms with van der Waals surface area (Å²) < 4.78 is 26.6. The number of hydrogen-bond donors (Lipinski definition) is 3. The predicted molar refractivity (Wildman–Crippen MR) is 64.9 cm³/mol. The first-order valence-electron chi connectivity index (χ1n) is 4.83. The van der Waals surface area contributed by atoms with Crippen molar-refractivity contribution in [1.29, 1.82) is 0 Å². The lowest BCUT2D eigenvalue weighted by Gasteiger charge is -2.07. The molecule has 94 valence electrons. The number of halogens is 2. The quantitative estimate of drug-likeness (QED) is 0.425. The van der Waals surface area contributed by atoms with Gasteiger partial charge >= 0.3 is 0 Å². The van der Waals surface area contributed by atoms with Gasteiger partial charge in [-0.15, -0.1) is 0 Å². The van der Waals surface area contributed by atoms with Gasteiger partial charge in [0, 0.05) is 17.9 Å². The lowest BCUT2D eigenvalue weighted by molar-refractivity contribution is 0.0955. The molecule has 0 spiro atoms. The van der Waals surface area contributed by atoms with E-state index in [-0.39, 0.29) is 5.56 Å². The van der Waals surface area contributed by atoms with Crippen molar-refractivity contribution in [3.05, 3.63) is 29.3 Å². The van der Waals surface area contributed by atoms with E-state index in [4.69, 9.17) is 5.84 Å². The molecule has 4 nitrogen and oxygen atoms in total. The lowest BCUT2D eigenvalue weighted by Crippen LogP contribution is -2.26. The van der Waals surface area contributed by atoms with E-state index in [9.17, 15) is 13.6 Å². The predicted octanol–water partition coefficient (Wildman–Crippen LogP) is 1.34. The topological polar surface area (TPSA) is 67.2 Å². The summed E-state index contributed by atoms with van der Waals surface area (Å²) in [5, 5.41) is 2.55. The van der Waals surface area contributed by atoms with Gasteiger partial charge in [-0.2, -0.15) is 11.8 Å². The molecule has 1 rings (SSSR count). The van der Waals surface area contributed by atoms with Crippen LogP contribution in [0.25, 0.3) is 0 Å². The fourth-order valence-electron chi connectivity index (χ4n) is 1.21. The molecule has 0 radical (unpaired) electrons. The van der Waals surface area contributed by atoms with Crippen LogP contribution in [0.15, 0.2) is 12.1 Å². The zero-order valence-corrected chi connectivity index (χ0v) is 10.0. The van der Waals surface area contributed by atoms with E-state index < -0.39 is 23.2 Å². The van der Waals surface area contributed by atoms with E-state index in [1.54, 1.807) is 11.8 Å². The first-order chi connectivity index (χ1) is 8.10. The monoisotopic (exact) mass is 261 g/mol. The van der Waals surface area contributed by atoms with Gasteiger partial charge in [0.15, 0.2) is 11.6 Å². The van der Waals surface area contributed by atoms with E-state index in [0.717, 1.165) is 17.9 Å². The Bertz CT molecular complexity index is 392. The van der Waals surface area contributed by atoms with Crippen molar-refractivity contribution in [1.82, 2.24) is 5.32 Å². The molecule has 0 fully saturated rings. The maximum atomic E-state index is 13.3. The Hall–Kier alpha value is -1.34. The molecule has 4 N–H and O–H groups in total. The minimum atomic E-state index is -0.900. The molecule has 7 heteroatoms. The fraction of sp³-hybridized carbons (Fsp3) is 0.300. The molecule has 0 aliphatic heterocycles. The Morgan fingerprint density at radius 1 is 1.41 bits per heavy atom. The van der Waals surface area contributed by atoms with E-state index in [2.05, 4.69) is 5.32 Å². The summed E-state index contributed by atoms with van der Waals surface area (Å²) in [7, 11) is 0. The molecule has 0 atom stereocenters. The molecule has 0 saturated carbocycles. The Balaban J connectivity index is 2.81. The number of rotatable bonds is 5. The maximum Gasteiger partial charge on any atom is 0.251 e. The molecular formula is C10H13F2N3OS. The summed E-state index contributed by atoms with van der Waals surface area (Å²) >= 11 is 1.56. The Kier molecular flexibility index (Phi) is 5.17. The van der Waals surface area contributed by atoms with Crippen LogP contribution in [0.2, 0.25) is 0 Å². The third-order valence-electron chi connectivity index (χ3n) is 2.04. The highest BCUT2D eigenvalue weighted by atomic mass is 32.2. The fourth-order valence-corrected chi connectivity index (χ4v) is 1.52. The number of amides is 1. The van der Waals surface area contributed by atoms with E-state index in [0.29, 0.717) is 6.54 Å². The number of carbonyl (C=O) groups is 1. The van der Waals surface area contributed by atoms with Gasteiger partial charge in [-0.25, -0.2) is 8.78 Å². The third-order valence-corrected chi connectivity index (χ3v) is 2.65. The van der Waals surface area contributed by atoms with Crippen molar-refractivity contribution in [3.63, 3.8) is 0 Å². The number of nitrogen functional groups attached to an aromatic ring is 1. The summed E-state index contributed by atoms with van der Waals surface area (Å²) in [5.74, 6) is 3.36. The van der Waals surface area contributed by atoms with Gasteiger partial charge in [-0.3, -0.25) is 10.6 Å². The Labute approximate surface area is 102 Å². The number of benzene rings is 1. The van der Waals surface area contributed by atoms with Crippen molar-refractivity contribution in [3.8, 4) is 0 Å². The van der Waals surface area contributed by atoms with Gasteiger partial charge in [0.05, 0.1) is 0 Å². The van der Waals surface area contributed by atoms with Crippen LogP contribution in [0.4, 0.5) is 14.5 Å². The van der Waals surface area contributed by atoms with Gasteiger partial charge in [-0.05, 0) is 18.4 Å². The molecule has 17 heavy (non-hydrogen) atoms. The van der Waals surface area contributed by atoms with Crippen molar-refractivity contribution >= 4 is 23.4 Å². The van der Waals surface area contributed by atoms with Crippen molar-refractivity contribution < 1.29 is 13.6 Å². The molecule has 0 unspecified atom stereocenters. The van der Waals surface area contributed by atoms with E-state index in [1.807, 2.05) is 11.7 Å². The van der Waals surface area contributed by atoms with Crippen LogP contribution >= 0.6 is 11.8 Å². The SMILES string of the molecule is CSCCNC(=O)c1cc(F)c(NN)c(F)c1. The van der Waals surface area contributed by atoms with Gasteiger partial charge in [0.1, 0.15) is 5.69 Å². The average Bonchev–Trinajstić information content (AvgIpc) is 2.28. The standard InChI is InChI=1S/C10H13F2N3OS/c1-17-3-2-14-10(16)6-4-7(11)9(15-13)8(12)5-6/h4-5,15H,2-3,13H2,1H3,(H,14,16).